The van der Waals surface area contributed by atoms with Crippen molar-refractivity contribution in [2.24, 2.45) is 0 Å². The molecule has 0 saturated carbocycles. The van der Waals surface area contributed by atoms with E-state index in [1.807, 2.05) is 6.92 Å². The van der Waals surface area contributed by atoms with Crippen molar-refractivity contribution in [3.05, 3.63) is 16.7 Å². The summed E-state index contributed by atoms with van der Waals surface area (Å²) in [6.45, 7) is 2.66. The third-order valence-corrected chi connectivity index (χ3v) is 5.52. The van der Waals surface area contributed by atoms with Crippen LogP contribution in [-0.2, 0) is 9.47 Å². The average Bonchev–Trinajstić information content (AvgIpc) is 2.81. The number of hydrogen-bond donors (Lipinski definition) is 4. The molecule has 1 fully saturated rings. The molecule has 0 aliphatic carbocycles. The number of ether oxygens (including phenoxy) is 2. The Balaban J connectivity index is 2.20. The van der Waals surface area contributed by atoms with Crippen molar-refractivity contribution in [2.75, 3.05) is 25.6 Å². The van der Waals surface area contributed by atoms with Gasteiger partial charge >= 0.3 is 139 Å². The van der Waals surface area contributed by atoms with Crippen molar-refractivity contribution in [2.45, 2.75) is 36.8 Å². The van der Waals surface area contributed by atoms with Crippen molar-refractivity contribution < 1.29 is 24.8 Å². The molecule has 1 aliphatic rings. The molecule has 1 aromatic heterocycles. The summed E-state index contributed by atoms with van der Waals surface area (Å²) < 4.78 is 12.4. The van der Waals surface area contributed by atoms with Crippen LogP contribution in [0.4, 0.5) is 5.82 Å². The molecule has 10 heteroatoms. The van der Waals surface area contributed by atoms with Crippen LogP contribution in [0.1, 0.15) is 13.2 Å². The fourth-order valence-corrected chi connectivity index (χ4v) is 3.91. The Hall–Kier alpha value is -1.00. The maximum atomic E-state index is 12.0. The van der Waals surface area contributed by atoms with Crippen molar-refractivity contribution in [1.29, 1.82) is 0 Å². The van der Waals surface area contributed by atoms with Gasteiger partial charge in [-0.1, -0.05) is 0 Å². The van der Waals surface area contributed by atoms with E-state index in [-0.39, 0.29) is 20.8 Å². The van der Waals surface area contributed by atoms with Crippen LogP contribution in [0.5, 0.6) is 0 Å². The van der Waals surface area contributed by atoms with E-state index in [4.69, 9.17) is 20.3 Å². The molecule has 9 nitrogen and oxygen atoms in total. The molecule has 0 radical (unpaired) electrons. The first-order chi connectivity index (χ1) is 11.0. The standard InChI is InChI=1S/C13H21N3O6Se/c1-2-21-3-4-23-8-5-16(13(20)15-11(8)14)12-10(19)9(18)7(6-17)22-12/h5,7,9-10,12,17-19H,2-4,6H2,1H3,(H2,14,15,20)/t7-,9-,10-,12-/m1/s1. The number of nitrogens with zero attached hydrogens (tertiary/aromatic N) is 2. The van der Waals surface area contributed by atoms with E-state index in [0.717, 1.165) is 9.89 Å². The monoisotopic (exact) mass is 395 g/mol. The minimum atomic E-state index is -1.33. The molecule has 1 aromatic rings. The van der Waals surface area contributed by atoms with Gasteiger partial charge in [-0.05, 0) is 0 Å². The minimum absolute atomic E-state index is 0.0553. The number of nitrogen functional groups attached to an aromatic ring is 1. The normalized spacial score (nSPS) is 27.5. The fourth-order valence-electron chi connectivity index (χ4n) is 2.22. The Morgan fingerprint density at radius 3 is 2.83 bits per heavy atom. The van der Waals surface area contributed by atoms with Crippen LogP contribution < -0.4 is 15.9 Å². The summed E-state index contributed by atoms with van der Waals surface area (Å²) in [6, 6.07) is 0. The first kappa shape index (κ1) is 18.3. The van der Waals surface area contributed by atoms with Crippen LogP contribution in [0.3, 0.4) is 0 Å². The van der Waals surface area contributed by atoms with Gasteiger partial charge < -0.3 is 0 Å². The van der Waals surface area contributed by atoms with E-state index in [0.29, 0.717) is 17.7 Å². The van der Waals surface area contributed by atoms with Gasteiger partial charge in [-0.15, -0.1) is 0 Å². The molecule has 1 saturated heterocycles. The van der Waals surface area contributed by atoms with Gasteiger partial charge in [0.05, 0.1) is 0 Å². The van der Waals surface area contributed by atoms with Crippen LogP contribution >= 0.6 is 0 Å². The second kappa shape index (κ2) is 8.20. The van der Waals surface area contributed by atoms with Crippen molar-refractivity contribution in [3.8, 4) is 0 Å². The van der Waals surface area contributed by atoms with Gasteiger partial charge in [-0.3, -0.25) is 0 Å². The van der Waals surface area contributed by atoms with Gasteiger partial charge in [0.15, 0.2) is 0 Å². The zero-order chi connectivity index (χ0) is 17.0. The Labute approximate surface area is 139 Å². The molecule has 1 aliphatic heterocycles. The molecule has 0 aromatic carbocycles. The van der Waals surface area contributed by atoms with Gasteiger partial charge in [-0.2, -0.15) is 0 Å². The van der Waals surface area contributed by atoms with Crippen LogP contribution in [0, 0.1) is 0 Å². The maximum absolute atomic E-state index is 12.0. The van der Waals surface area contributed by atoms with Crippen LogP contribution in [0.15, 0.2) is 11.0 Å². The molecule has 0 unspecified atom stereocenters. The van der Waals surface area contributed by atoms with Crippen LogP contribution in [0.25, 0.3) is 0 Å². The average molecular weight is 394 g/mol. The SMILES string of the molecule is CCOCC[Se]c1cn([C@@H]2O[C@H](CO)[C@@H](O)[C@H]2O)c(=O)nc1N. The van der Waals surface area contributed by atoms with Gasteiger partial charge in [0.1, 0.15) is 0 Å². The first-order valence-electron chi connectivity index (χ1n) is 7.21. The molecule has 5 N–H and O–H groups in total. The zero-order valence-corrected chi connectivity index (χ0v) is 14.4. The summed E-state index contributed by atoms with van der Waals surface area (Å²) in [5, 5.41) is 29.7. The van der Waals surface area contributed by atoms with Crippen molar-refractivity contribution in [3.63, 3.8) is 0 Å². The Morgan fingerprint density at radius 2 is 2.22 bits per heavy atom. The van der Waals surface area contributed by atoms with Gasteiger partial charge in [0, 0.05) is 0 Å². The topological polar surface area (TPSA) is 140 Å². The summed E-state index contributed by atoms with van der Waals surface area (Å²) in [5.74, 6) is 0.148. The van der Waals surface area contributed by atoms with Gasteiger partial charge in [0.25, 0.3) is 0 Å². The molecule has 0 spiro atoms. The number of aliphatic hydroxyl groups excluding tert-OH is 3. The number of anilines is 1. The molecule has 23 heavy (non-hydrogen) atoms. The predicted molar refractivity (Wildman–Crippen MR) is 82.6 cm³/mol. The molecule has 0 bridgehead atoms. The van der Waals surface area contributed by atoms with Gasteiger partial charge in [0.2, 0.25) is 0 Å². The molecule has 4 atom stereocenters. The third kappa shape index (κ3) is 4.10. The Bertz CT molecular complexity index is 583. The molecular formula is C13H21N3O6Se. The van der Waals surface area contributed by atoms with Crippen LogP contribution in [-0.4, -0.2) is 78.0 Å². The van der Waals surface area contributed by atoms with E-state index in [1.165, 1.54) is 6.20 Å². The summed E-state index contributed by atoms with van der Waals surface area (Å²) in [5.41, 5.74) is 5.10. The third-order valence-electron chi connectivity index (χ3n) is 3.43. The van der Waals surface area contributed by atoms with E-state index in [9.17, 15) is 15.0 Å². The quantitative estimate of drug-likeness (QED) is 0.288. The summed E-state index contributed by atoms with van der Waals surface area (Å²) >= 11 is -0.0553. The molecule has 2 rings (SSSR count). The van der Waals surface area contributed by atoms with Crippen molar-refractivity contribution >= 4 is 25.2 Å². The molecule has 0 amide bonds. The summed E-state index contributed by atoms with van der Waals surface area (Å²) in [6.07, 6.45) is -3.17. The number of hydrogen-bond acceptors (Lipinski definition) is 8. The number of aromatic nitrogens is 2. The van der Waals surface area contributed by atoms with E-state index < -0.39 is 36.8 Å². The fraction of sp³-hybridized carbons (Fsp3) is 0.692. The molecule has 130 valence electrons. The zero-order valence-electron chi connectivity index (χ0n) is 12.7. The number of nitrogens with two attached hydrogens (primary N) is 1. The second-order valence-corrected chi connectivity index (χ2v) is 7.34. The number of aliphatic hydroxyl groups is 3. The van der Waals surface area contributed by atoms with E-state index in [2.05, 4.69) is 4.98 Å². The Kier molecular flexibility index (Phi) is 6.54. The first-order valence-corrected chi connectivity index (χ1v) is 9.28. The predicted octanol–water partition coefficient (Wildman–Crippen LogP) is -2.78. The van der Waals surface area contributed by atoms with Crippen molar-refractivity contribution in [1.82, 2.24) is 9.55 Å². The van der Waals surface area contributed by atoms with Crippen LogP contribution in [0.2, 0.25) is 5.32 Å². The Morgan fingerprint density at radius 1 is 1.48 bits per heavy atom. The van der Waals surface area contributed by atoms with Gasteiger partial charge in [-0.25, -0.2) is 0 Å². The molecular weight excluding hydrogens is 373 g/mol. The summed E-state index contributed by atoms with van der Waals surface area (Å²) in [4.78, 5) is 15.8. The van der Waals surface area contributed by atoms with E-state index >= 15 is 0 Å². The molecule has 2 heterocycles. The number of rotatable bonds is 7. The second-order valence-electron chi connectivity index (χ2n) is 4.95. The van der Waals surface area contributed by atoms with E-state index in [1.54, 1.807) is 0 Å². The summed E-state index contributed by atoms with van der Waals surface area (Å²) in [7, 11) is 0.